The zero-order valence-electron chi connectivity index (χ0n) is 13.0. The quantitative estimate of drug-likeness (QED) is 0.0998. The fourth-order valence-corrected chi connectivity index (χ4v) is 2.27. The van der Waals surface area contributed by atoms with E-state index in [1.54, 1.807) is 0 Å². The van der Waals surface area contributed by atoms with E-state index >= 15 is 0 Å². The van der Waals surface area contributed by atoms with Crippen LogP contribution in [0.4, 0.5) is 0 Å². The maximum absolute atomic E-state index is 10.7. The van der Waals surface area contributed by atoms with Gasteiger partial charge < -0.3 is 45.1 Å². The normalized spacial score (nSPS) is 17.7. The third-order valence-electron chi connectivity index (χ3n) is 2.76. The monoisotopic (exact) mass is 429 g/mol. The Balaban J connectivity index is 4.77. The Morgan fingerprint density at radius 1 is 0.885 bits per heavy atom. The zero-order valence-corrected chi connectivity index (χ0v) is 14.8. The molecule has 4 atom stereocenters. The van der Waals surface area contributed by atoms with Crippen LogP contribution < -0.4 is 0 Å². The van der Waals surface area contributed by atoms with Crippen molar-refractivity contribution in [2.75, 3.05) is 26.4 Å². The van der Waals surface area contributed by atoms with Gasteiger partial charge in [0.2, 0.25) is 0 Å². The number of aliphatic carboxylic acids is 1. The van der Waals surface area contributed by atoms with Crippen LogP contribution in [-0.2, 0) is 23.0 Å². The molecule has 0 fully saturated rings. The number of carbonyl (C=O) groups is 1. The number of aliphatic hydroxyl groups is 4. The van der Waals surface area contributed by atoms with Gasteiger partial charge in [0.05, 0.1) is 19.3 Å². The largest absolute Gasteiger partial charge is 0.480 e. The molecule has 0 aromatic heterocycles. The number of carboxylic acid groups (broad SMARTS) is 1. The summed E-state index contributed by atoms with van der Waals surface area (Å²) in [6.45, 7) is -3.64. The fourth-order valence-electron chi connectivity index (χ4n) is 1.61. The van der Waals surface area contributed by atoms with Crippen LogP contribution in [-0.4, -0.2) is 107 Å². The second kappa shape index (κ2) is 10.7. The summed E-state index contributed by atoms with van der Waals surface area (Å²) >= 11 is 0. The van der Waals surface area contributed by atoms with Gasteiger partial charge in [0.1, 0.15) is 25.0 Å². The highest BCUT2D eigenvalue weighted by molar-refractivity contribution is 7.46. The van der Waals surface area contributed by atoms with Gasteiger partial charge in [-0.15, -0.1) is 0 Å². The van der Waals surface area contributed by atoms with Gasteiger partial charge >= 0.3 is 21.6 Å². The number of hydrogen-bond acceptors (Lipinski definition) is 10. The van der Waals surface area contributed by atoms with Gasteiger partial charge in [-0.1, -0.05) is 0 Å². The van der Waals surface area contributed by atoms with Crippen molar-refractivity contribution in [3.8, 4) is 0 Å². The summed E-state index contributed by atoms with van der Waals surface area (Å²) in [6, 6.07) is 0. The lowest BCUT2D eigenvalue weighted by Gasteiger charge is -2.29. The molecule has 0 unspecified atom stereocenters. The molecule has 0 spiro atoms. The smallest absolute Gasteiger partial charge is 0.470 e. The Bertz CT molecular complexity index is 533. The van der Waals surface area contributed by atoms with Crippen molar-refractivity contribution >= 4 is 21.6 Å². The molecule has 0 aromatic rings. The van der Waals surface area contributed by atoms with Crippen molar-refractivity contribution in [3.05, 3.63) is 0 Å². The summed E-state index contributed by atoms with van der Waals surface area (Å²) in [6.07, 6.45) is -8.23. The summed E-state index contributed by atoms with van der Waals surface area (Å²) in [4.78, 5) is 45.5. The average molecular weight is 429 g/mol. The standard InChI is InChI=1S/C9H21NO14P2/c11-5(1-10(2-7(13)14)4-24-26(20,21)22)8(15)9(16)6(12)3-23-25(17,18)19/h5-6,8-9,11-12,15-16H,1-4H2,(H,13,14)(H2,17,18,19)(H2,20,21,22)/t5-,6+,8-,9+/m0/s1. The first-order chi connectivity index (χ1) is 11.6. The van der Waals surface area contributed by atoms with E-state index in [9.17, 15) is 34.4 Å². The maximum Gasteiger partial charge on any atom is 0.470 e. The molecule has 156 valence electrons. The number of nitrogens with zero attached hydrogens (tertiary/aromatic N) is 1. The third-order valence-corrected chi connectivity index (χ3v) is 3.70. The van der Waals surface area contributed by atoms with Gasteiger partial charge in [0.15, 0.2) is 0 Å². The van der Waals surface area contributed by atoms with E-state index in [0.717, 1.165) is 0 Å². The van der Waals surface area contributed by atoms with Crippen LogP contribution in [0.5, 0.6) is 0 Å². The lowest BCUT2D eigenvalue weighted by atomic mass is 10.0. The highest BCUT2D eigenvalue weighted by Gasteiger charge is 2.33. The molecular weight excluding hydrogens is 408 g/mol. The lowest BCUT2D eigenvalue weighted by Crippen LogP contribution is -2.50. The number of carboxylic acids is 1. The second-order valence-corrected chi connectivity index (χ2v) is 7.53. The molecule has 0 heterocycles. The van der Waals surface area contributed by atoms with Gasteiger partial charge in [-0.25, -0.2) is 9.13 Å². The molecule has 9 N–H and O–H groups in total. The van der Waals surface area contributed by atoms with Crippen LogP contribution in [0.15, 0.2) is 0 Å². The van der Waals surface area contributed by atoms with Crippen molar-refractivity contribution in [3.63, 3.8) is 0 Å². The number of aliphatic hydroxyl groups excluding tert-OH is 4. The minimum atomic E-state index is -4.96. The number of phosphoric acid groups is 2. The SMILES string of the molecule is O=C(O)CN(COP(=O)(O)O)C[C@H](O)[C@H](O)[C@H](O)[C@H](O)COP(=O)(O)O. The Morgan fingerprint density at radius 3 is 1.77 bits per heavy atom. The molecule has 0 aliphatic carbocycles. The summed E-state index contributed by atoms with van der Waals surface area (Å²) < 4.78 is 29.1. The molecule has 15 nitrogen and oxygen atoms in total. The molecule has 0 saturated heterocycles. The molecule has 0 radical (unpaired) electrons. The predicted octanol–water partition coefficient (Wildman–Crippen LogP) is -4.01. The first-order valence-electron chi connectivity index (χ1n) is 6.69. The van der Waals surface area contributed by atoms with Gasteiger partial charge in [0, 0.05) is 6.54 Å². The van der Waals surface area contributed by atoms with E-state index in [4.69, 9.17) is 24.7 Å². The molecule has 0 aliphatic rings. The Kier molecular flexibility index (Phi) is 10.5. The van der Waals surface area contributed by atoms with Crippen LogP contribution in [0.2, 0.25) is 0 Å². The van der Waals surface area contributed by atoms with E-state index in [-0.39, 0.29) is 0 Å². The molecule has 0 aromatic carbocycles. The van der Waals surface area contributed by atoms with Crippen molar-refractivity contribution in [2.24, 2.45) is 0 Å². The van der Waals surface area contributed by atoms with E-state index in [1.165, 1.54) is 0 Å². The molecular formula is C9H21NO14P2. The summed E-state index contributed by atoms with van der Waals surface area (Å²) in [7, 11) is -9.90. The highest BCUT2D eigenvalue weighted by Crippen LogP contribution is 2.36. The topological polar surface area (TPSA) is 255 Å². The van der Waals surface area contributed by atoms with Crippen molar-refractivity contribution in [1.82, 2.24) is 4.90 Å². The van der Waals surface area contributed by atoms with Crippen LogP contribution in [0.25, 0.3) is 0 Å². The van der Waals surface area contributed by atoms with E-state index in [2.05, 4.69) is 9.05 Å². The highest BCUT2D eigenvalue weighted by atomic mass is 31.2. The van der Waals surface area contributed by atoms with Gasteiger partial charge in [-0.3, -0.25) is 18.7 Å². The van der Waals surface area contributed by atoms with Gasteiger partial charge in [-0.2, -0.15) is 0 Å². The van der Waals surface area contributed by atoms with Crippen molar-refractivity contribution in [2.45, 2.75) is 24.4 Å². The zero-order chi connectivity index (χ0) is 20.7. The van der Waals surface area contributed by atoms with Crippen LogP contribution in [0, 0.1) is 0 Å². The van der Waals surface area contributed by atoms with Crippen molar-refractivity contribution < 1.29 is 68.1 Å². The number of rotatable bonds is 13. The predicted molar refractivity (Wildman–Crippen MR) is 79.2 cm³/mol. The molecule has 17 heteroatoms. The molecule has 0 bridgehead atoms. The van der Waals surface area contributed by atoms with Crippen LogP contribution in [0.1, 0.15) is 0 Å². The first kappa shape index (κ1) is 25.5. The molecule has 0 rings (SSSR count). The van der Waals surface area contributed by atoms with Crippen LogP contribution >= 0.6 is 15.6 Å². The Morgan fingerprint density at radius 2 is 1.35 bits per heavy atom. The number of phosphoric ester groups is 2. The summed E-state index contributed by atoms with van der Waals surface area (Å²) in [5.41, 5.74) is 0. The van der Waals surface area contributed by atoms with Gasteiger partial charge in [-0.05, 0) is 0 Å². The van der Waals surface area contributed by atoms with E-state index in [1.807, 2.05) is 0 Å². The fraction of sp³-hybridized carbons (Fsp3) is 0.889. The number of hydrogen-bond donors (Lipinski definition) is 9. The second-order valence-electron chi connectivity index (χ2n) is 5.06. The Labute approximate surface area is 146 Å². The molecule has 26 heavy (non-hydrogen) atoms. The summed E-state index contributed by atoms with van der Waals surface area (Å²) in [5.74, 6) is -1.46. The molecule has 0 aliphatic heterocycles. The van der Waals surface area contributed by atoms with Gasteiger partial charge in [0.25, 0.3) is 0 Å². The molecule has 0 amide bonds. The third kappa shape index (κ3) is 12.0. The van der Waals surface area contributed by atoms with Crippen LogP contribution in [0.3, 0.4) is 0 Å². The maximum atomic E-state index is 10.7. The minimum absolute atomic E-state index is 0.667. The van der Waals surface area contributed by atoms with E-state index < -0.39 is 72.5 Å². The minimum Gasteiger partial charge on any atom is -0.480 e. The lowest BCUT2D eigenvalue weighted by molar-refractivity contribution is -0.142. The summed E-state index contributed by atoms with van der Waals surface area (Å²) in [5, 5.41) is 47.3. The van der Waals surface area contributed by atoms with Crippen molar-refractivity contribution in [1.29, 1.82) is 0 Å². The van der Waals surface area contributed by atoms with E-state index in [0.29, 0.717) is 4.90 Å². The molecule has 0 saturated carbocycles. The average Bonchev–Trinajstić information content (AvgIpc) is 2.46. The first-order valence-corrected chi connectivity index (χ1v) is 9.75. The Hall–Kier alpha value is -0.510.